The Morgan fingerprint density at radius 2 is 1.79 bits per heavy atom. The summed E-state index contributed by atoms with van der Waals surface area (Å²) in [6.07, 6.45) is 1.57. The van der Waals surface area contributed by atoms with Gasteiger partial charge in [-0.25, -0.2) is 0 Å². The van der Waals surface area contributed by atoms with Crippen LogP contribution in [-0.2, 0) is 22.6 Å². The highest BCUT2D eigenvalue weighted by Crippen LogP contribution is 2.11. The van der Waals surface area contributed by atoms with Crippen molar-refractivity contribution in [1.82, 2.24) is 21.1 Å². The molecule has 200 valence electrons. The third-order valence-corrected chi connectivity index (χ3v) is 6.10. The van der Waals surface area contributed by atoms with E-state index in [1.165, 1.54) is 19.3 Å². The number of aryl methyl sites for hydroxylation is 2. The minimum absolute atomic E-state index is 0.0423. The van der Waals surface area contributed by atoms with Gasteiger partial charge in [-0.2, -0.15) is 0 Å². The first kappa shape index (κ1) is 28.3. The Labute approximate surface area is 220 Å². The molecule has 10 heteroatoms. The van der Waals surface area contributed by atoms with Crippen LogP contribution in [0.1, 0.15) is 50.9 Å². The smallest absolute Gasteiger partial charge is 0.273 e. The van der Waals surface area contributed by atoms with Crippen LogP contribution in [-0.4, -0.2) is 53.0 Å². The lowest BCUT2D eigenvalue weighted by Crippen LogP contribution is -2.52. The second kappa shape index (κ2) is 13.8. The molecule has 1 aromatic heterocycles. The Bertz CT molecular complexity index is 1220. The molecular weight excluding hydrogens is 488 g/mol. The number of nitrogens with one attached hydrogen (secondary N) is 3. The van der Waals surface area contributed by atoms with Crippen molar-refractivity contribution in [3.05, 3.63) is 88.8 Å². The van der Waals surface area contributed by atoms with E-state index in [2.05, 4.69) is 25.6 Å². The number of aliphatic hydroxyl groups is 1. The van der Waals surface area contributed by atoms with Gasteiger partial charge in [0.15, 0.2) is 5.69 Å². The number of aliphatic hydroxyl groups excluding tert-OH is 1. The van der Waals surface area contributed by atoms with Gasteiger partial charge in [-0.15, -0.1) is 0 Å². The van der Waals surface area contributed by atoms with Crippen LogP contribution in [0.2, 0.25) is 0 Å². The van der Waals surface area contributed by atoms with Crippen molar-refractivity contribution in [2.75, 3.05) is 6.54 Å². The number of aromatic nitrogens is 1. The van der Waals surface area contributed by atoms with Gasteiger partial charge in [-0.05, 0) is 43.9 Å². The summed E-state index contributed by atoms with van der Waals surface area (Å²) in [6.45, 7) is 3.51. The van der Waals surface area contributed by atoms with E-state index in [1.54, 1.807) is 18.2 Å². The van der Waals surface area contributed by atoms with Crippen molar-refractivity contribution in [3.8, 4) is 0 Å². The summed E-state index contributed by atoms with van der Waals surface area (Å²) >= 11 is 0. The number of carbonyl (C=O) groups is 4. The van der Waals surface area contributed by atoms with E-state index in [9.17, 15) is 24.3 Å². The minimum Gasteiger partial charge on any atom is -0.393 e. The highest BCUT2D eigenvalue weighted by Gasteiger charge is 2.29. The lowest BCUT2D eigenvalue weighted by molar-refractivity contribution is -0.133. The summed E-state index contributed by atoms with van der Waals surface area (Å²) in [6, 6.07) is 15.2. The van der Waals surface area contributed by atoms with Crippen molar-refractivity contribution in [2.45, 2.75) is 45.4 Å². The van der Waals surface area contributed by atoms with Crippen molar-refractivity contribution in [1.29, 1.82) is 0 Å². The molecule has 3 rings (SSSR count). The molecule has 0 aliphatic rings. The maximum atomic E-state index is 13.1. The average Bonchev–Trinajstić information content (AvgIpc) is 3.46. The highest BCUT2D eigenvalue weighted by atomic mass is 16.5. The van der Waals surface area contributed by atoms with E-state index in [1.807, 2.05) is 37.3 Å². The molecule has 0 radical (unpaired) electrons. The van der Waals surface area contributed by atoms with Gasteiger partial charge in [0.1, 0.15) is 18.6 Å². The molecule has 1 heterocycles. The summed E-state index contributed by atoms with van der Waals surface area (Å²) < 4.78 is 4.65. The maximum Gasteiger partial charge on any atom is 0.273 e. The largest absolute Gasteiger partial charge is 0.393 e. The number of nitrogens with zero attached hydrogens (tertiary/aromatic N) is 1. The van der Waals surface area contributed by atoms with Gasteiger partial charge in [0.05, 0.1) is 12.0 Å². The second-order valence-corrected chi connectivity index (χ2v) is 9.11. The van der Waals surface area contributed by atoms with Gasteiger partial charge in [0.25, 0.3) is 5.91 Å². The third-order valence-electron chi connectivity index (χ3n) is 6.10. The standard InChI is InChI=1S/C28H32N4O6/c1-18-6-8-21(9-7-18)15-29-27(36)24(11-10-20-4-3-5-22(14-20)17-33)31-26(35)23(19(2)34)16-30-28(37)25-12-13-38-32-25/h3-9,12-14,17,19,23-24,34H,10-11,15-16H2,1-2H3,(H,29,36)(H,30,37)(H,31,35)/t19-,23+,24+/m1/s1. The monoisotopic (exact) mass is 520 g/mol. The van der Waals surface area contributed by atoms with Gasteiger partial charge in [-0.1, -0.05) is 53.2 Å². The van der Waals surface area contributed by atoms with Crippen molar-refractivity contribution < 1.29 is 28.8 Å². The number of rotatable bonds is 13. The zero-order valence-corrected chi connectivity index (χ0v) is 21.3. The maximum absolute atomic E-state index is 13.1. The van der Waals surface area contributed by atoms with E-state index in [0.717, 1.165) is 23.0 Å². The van der Waals surface area contributed by atoms with Gasteiger partial charge in [-0.3, -0.25) is 19.2 Å². The summed E-state index contributed by atoms with van der Waals surface area (Å²) in [5.74, 6) is -2.55. The number of benzene rings is 2. The summed E-state index contributed by atoms with van der Waals surface area (Å²) in [4.78, 5) is 49.6. The van der Waals surface area contributed by atoms with Crippen LogP contribution in [0.15, 0.2) is 65.4 Å². The minimum atomic E-state index is -1.10. The first-order chi connectivity index (χ1) is 18.3. The van der Waals surface area contributed by atoms with Crippen LogP contribution in [0.3, 0.4) is 0 Å². The predicted molar refractivity (Wildman–Crippen MR) is 139 cm³/mol. The lowest BCUT2D eigenvalue weighted by atomic mass is 9.99. The summed E-state index contributed by atoms with van der Waals surface area (Å²) in [7, 11) is 0. The Morgan fingerprint density at radius 1 is 1.03 bits per heavy atom. The quantitative estimate of drug-likeness (QED) is 0.252. The van der Waals surface area contributed by atoms with Gasteiger partial charge in [0.2, 0.25) is 11.8 Å². The van der Waals surface area contributed by atoms with E-state index in [0.29, 0.717) is 12.0 Å². The van der Waals surface area contributed by atoms with Crippen molar-refractivity contribution in [2.24, 2.45) is 5.92 Å². The van der Waals surface area contributed by atoms with Crippen LogP contribution < -0.4 is 16.0 Å². The average molecular weight is 521 g/mol. The Hall–Kier alpha value is -4.31. The molecule has 3 atom stereocenters. The van der Waals surface area contributed by atoms with Crippen LogP contribution in [0.4, 0.5) is 0 Å². The molecule has 10 nitrogen and oxygen atoms in total. The normalized spacial score (nSPS) is 13.1. The Kier molecular flexibility index (Phi) is 10.3. The molecular formula is C28H32N4O6. The Morgan fingerprint density at radius 3 is 2.45 bits per heavy atom. The van der Waals surface area contributed by atoms with Gasteiger partial charge in [0, 0.05) is 24.7 Å². The Balaban J connectivity index is 1.69. The first-order valence-corrected chi connectivity index (χ1v) is 12.3. The molecule has 0 saturated heterocycles. The lowest BCUT2D eigenvalue weighted by Gasteiger charge is -2.24. The first-order valence-electron chi connectivity index (χ1n) is 12.3. The second-order valence-electron chi connectivity index (χ2n) is 9.11. The summed E-state index contributed by atoms with van der Waals surface area (Å²) in [5.41, 5.74) is 3.41. The van der Waals surface area contributed by atoms with Crippen molar-refractivity contribution in [3.63, 3.8) is 0 Å². The van der Waals surface area contributed by atoms with E-state index in [4.69, 9.17) is 0 Å². The number of hydrogen-bond donors (Lipinski definition) is 4. The van der Waals surface area contributed by atoms with Crippen molar-refractivity contribution >= 4 is 24.0 Å². The SMILES string of the molecule is Cc1ccc(CNC(=O)[C@H](CCc2cccc(C=O)c2)NC(=O)[C@@H](CNC(=O)c2ccon2)[C@@H](C)O)cc1. The van der Waals surface area contributed by atoms with E-state index in [-0.39, 0.29) is 31.1 Å². The number of amides is 3. The summed E-state index contributed by atoms with van der Waals surface area (Å²) in [5, 5.41) is 21.9. The molecule has 4 N–H and O–H groups in total. The zero-order chi connectivity index (χ0) is 27.5. The van der Waals surface area contributed by atoms with E-state index >= 15 is 0 Å². The van der Waals surface area contributed by atoms with Crippen LogP contribution in [0, 0.1) is 12.8 Å². The number of carbonyl (C=O) groups excluding carboxylic acids is 4. The molecule has 0 spiro atoms. The molecule has 2 aromatic carbocycles. The molecule has 3 aromatic rings. The highest BCUT2D eigenvalue weighted by molar-refractivity contribution is 5.93. The van der Waals surface area contributed by atoms with E-state index < -0.39 is 29.9 Å². The topological polar surface area (TPSA) is 151 Å². The molecule has 38 heavy (non-hydrogen) atoms. The molecule has 0 aliphatic heterocycles. The third kappa shape index (κ3) is 8.38. The molecule has 0 bridgehead atoms. The molecule has 3 amide bonds. The zero-order valence-electron chi connectivity index (χ0n) is 21.3. The molecule has 0 saturated carbocycles. The molecule has 0 unspecified atom stereocenters. The van der Waals surface area contributed by atoms with Crippen LogP contribution in [0.5, 0.6) is 0 Å². The fourth-order valence-electron chi connectivity index (χ4n) is 3.80. The fourth-order valence-corrected chi connectivity index (χ4v) is 3.80. The van der Waals surface area contributed by atoms with Gasteiger partial charge < -0.3 is 25.6 Å². The molecule has 0 aliphatic carbocycles. The van der Waals surface area contributed by atoms with Gasteiger partial charge >= 0.3 is 0 Å². The predicted octanol–water partition coefficient (Wildman–Crippen LogP) is 1.96. The van der Waals surface area contributed by atoms with Crippen LogP contribution >= 0.6 is 0 Å². The fraction of sp³-hybridized carbons (Fsp3) is 0.321. The number of aldehydes is 1. The number of hydrogen-bond acceptors (Lipinski definition) is 7. The van der Waals surface area contributed by atoms with Crippen LogP contribution in [0.25, 0.3) is 0 Å². The molecule has 0 fully saturated rings.